The molecule has 3 rings (SSSR count). The van der Waals surface area contributed by atoms with Crippen molar-refractivity contribution in [3.63, 3.8) is 0 Å². The van der Waals surface area contributed by atoms with E-state index in [1.807, 2.05) is 54.0 Å². The van der Waals surface area contributed by atoms with Crippen LogP contribution in [0.4, 0.5) is 4.39 Å². The van der Waals surface area contributed by atoms with Crippen LogP contribution >= 0.6 is 23.4 Å². The SMILES string of the molecule is CC(C)N(CC(=O)N1CCS[C@@H]1c1ccccc1Cl)Cc1ccccc1F. The van der Waals surface area contributed by atoms with Gasteiger partial charge in [-0.15, -0.1) is 11.8 Å². The maximum atomic E-state index is 14.0. The first-order valence-corrected chi connectivity index (χ1v) is 10.5. The molecule has 6 heteroatoms. The standard InChI is InChI=1S/C21H24ClFN2OS/c1-15(2)24(13-16-7-3-6-10-19(16)23)14-20(26)25-11-12-27-21(25)17-8-4-5-9-18(17)22/h3-10,15,21H,11-14H2,1-2H3/t21-/m1/s1. The number of amides is 1. The number of carbonyl (C=O) groups is 1. The van der Waals surface area contributed by atoms with Gasteiger partial charge in [-0.1, -0.05) is 48.0 Å². The van der Waals surface area contributed by atoms with Gasteiger partial charge in [-0.05, 0) is 26.0 Å². The molecule has 0 unspecified atom stereocenters. The lowest BCUT2D eigenvalue weighted by molar-refractivity contribution is -0.133. The van der Waals surface area contributed by atoms with Gasteiger partial charge >= 0.3 is 0 Å². The highest BCUT2D eigenvalue weighted by molar-refractivity contribution is 7.99. The first-order chi connectivity index (χ1) is 13.0. The number of halogens is 2. The predicted octanol–water partition coefficient (Wildman–Crippen LogP) is 4.96. The molecule has 1 heterocycles. The molecule has 0 aromatic heterocycles. The van der Waals surface area contributed by atoms with Gasteiger partial charge < -0.3 is 4.90 Å². The molecule has 0 radical (unpaired) electrons. The van der Waals surface area contributed by atoms with Crippen LogP contribution in [-0.4, -0.2) is 40.6 Å². The molecule has 0 spiro atoms. The lowest BCUT2D eigenvalue weighted by Crippen LogP contribution is -2.42. The van der Waals surface area contributed by atoms with Crippen molar-refractivity contribution in [3.8, 4) is 0 Å². The van der Waals surface area contributed by atoms with E-state index in [1.54, 1.807) is 23.9 Å². The second kappa shape index (κ2) is 9.09. The van der Waals surface area contributed by atoms with E-state index in [0.29, 0.717) is 23.7 Å². The van der Waals surface area contributed by atoms with Crippen LogP contribution in [0.2, 0.25) is 5.02 Å². The van der Waals surface area contributed by atoms with Crippen molar-refractivity contribution in [1.29, 1.82) is 0 Å². The summed E-state index contributed by atoms with van der Waals surface area (Å²) in [6, 6.07) is 14.5. The zero-order valence-corrected chi connectivity index (χ0v) is 17.1. The highest BCUT2D eigenvalue weighted by Crippen LogP contribution is 2.40. The highest BCUT2D eigenvalue weighted by Gasteiger charge is 2.32. The third kappa shape index (κ3) is 4.84. The van der Waals surface area contributed by atoms with Crippen molar-refractivity contribution in [2.75, 3.05) is 18.8 Å². The Balaban J connectivity index is 1.73. The molecule has 1 saturated heterocycles. The molecule has 2 aromatic rings. The summed E-state index contributed by atoms with van der Waals surface area (Å²) in [6.45, 7) is 5.42. The van der Waals surface area contributed by atoms with E-state index >= 15 is 0 Å². The van der Waals surface area contributed by atoms with Crippen LogP contribution in [0.5, 0.6) is 0 Å². The molecule has 1 amide bonds. The quantitative estimate of drug-likeness (QED) is 0.677. The van der Waals surface area contributed by atoms with Gasteiger partial charge in [0.2, 0.25) is 5.91 Å². The molecule has 1 atom stereocenters. The lowest BCUT2D eigenvalue weighted by atomic mass is 10.1. The van der Waals surface area contributed by atoms with Gasteiger partial charge in [-0.2, -0.15) is 0 Å². The van der Waals surface area contributed by atoms with Crippen molar-refractivity contribution in [2.45, 2.75) is 31.8 Å². The van der Waals surface area contributed by atoms with Crippen molar-refractivity contribution in [2.24, 2.45) is 0 Å². The van der Waals surface area contributed by atoms with Gasteiger partial charge in [-0.3, -0.25) is 9.69 Å². The van der Waals surface area contributed by atoms with Crippen LogP contribution in [-0.2, 0) is 11.3 Å². The van der Waals surface area contributed by atoms with Gasteiger partial charge in [0.25, 0.3) is 0 Å². The number of hydrogen-bond donors (Lipinski definition) is 0. The second-order valence-electron chi connectivity index (χ2n) is 6.92. The molecule has 0 saturated carbocycles. The van der Waals surface area contributed by atoms with Gasteiger partial charge in [0, 0.05) is 41.0 Å². The topological polar surface area (TPSA) is 23.6 Å². The van der Waals surface area contributed by atoms with E-state index in [4.69, 9.17) is 11.6 Å². The molecule has 27 heavy (non-hydrogen) atoms. The summed E-state index contributed by atoms with van der Waals surface area (Å²) in [7, 11) is 0. The Morgan fingerprint density at radius 1 is 1.26 bits per heavy atom. The Kier molecular flexibility index (Phi) is 6.79. The Morgan fingerprint density at radius 2 is 1.96 bits per heavy atom. The lowest BCUT2D eigenvalue weighted by Gasteiger charge is -2.30. The van der Waals surface area contributed by atoms with Gasteiger partial charge in [0.05, 0.1) is 6.54 Å². The Labute approximate surface area is 169 Å². The van der Waals surface area contributed by atoms with E-state index in [2.05, 4.69) is 0 Å². The molecular weight excluding hydrogens is 383 g/mol. The average Bonchev–Trinajstić information content (AvgIpc) is 3.12. The van der Waals surface area contributed by atoms with Crippen LogP contribution in [0, 0.1) is 5.82 Å². The number of benzene rings is 2. The molecule has 144 valence electrons. The second-order valence-corrected chi connectivity index (χ2v) is 8.52. The molecule has 0 aliphatic carbocycles. The minimum Gasteiger partial charge on any atom is -0.325 e. The zero-order chi connectivity index (χ0) is 19.4. The van der Waals surface area contributed by atoms with Crippen molar-refractivity contribution in [1.82, 2.24) is 9.80 Å². The highest BCUT2D eigenvalue weighted by atomic mass is 35.5. The molecule has 3 nitrogen and oxygen atoms in total. The normalized spacial score (nSPS) is 17.1. The summed E-state index contributed by atoms with van der Waals surface area (Å²) in [6.07, 6.45) is 0. The van der Waals surface area contributed by atoms with E-state index in [1.165, 1.54) is 6.07 Å². The monoisotopic (exact) mass is 406 g/mol. The average molecular weight is 407 g/mol. The van der Waals surface area contributed by atoms with Crippen molar-refractivity contribution in [3.05, 3.63) is 70.5 Å². The Hall–Kier alpha value is -1.56. The van der Waals surface area contributed by atoms with Crippen molar-refractivity contribution < 1.29 is 9.18 Å². The maximum Gasteiger partial charge on any atom is 0.237 e. The largest absolute Gasteiger partial charge is 0.325 e. The molecule has 1 fully saturated rings. The summed E-state index contributed by atoms with van der Waals surface area (Å²) in [5, 5.41) is 0.621. The number of hydrogen-bond acceptors (Lipinski definition) is 3. The smallest absolute Gasteiger partial charge is 0.237 e. The molecule has 2 aromatic carbocycles. The number of thioether (sulfide) groups is 1. The third-order valence-electron chi connectivity index (χ3n) is 4.78. The Bertz CT molecular complexity index is 801. The first-order valence-electron chi connectivity index (χ1n) is 9.10. The van der Waals surface area contributed by atoms with Crippen LogP contribution in [0.15, 0.2) is 48.5 Å². The fourth-order valence-corrected chi connectivity index (χ4v) is 4.81. The molecule has 0 bridgehead atoms. The van der Waals surface area contributed by atoms with Crippen LogP contribution in [0.1, 0.15) is 30.3 Å². The summed E-state index contributed by atoms with van der Waals surface area (Å²) >= 11 is 8.08. The molecule has 1 aliphatic heterocycles. The maximum absolute atomic E-state index is 14.0. The summed E-state index contributed by atoms with van der Waals surface area (Å²) in [5.74, 6) is 0.701. The van der Waals surface area contributed by atoms with Gasteiger partial charge in [0.15, 0.2) is 0 Å². The number of nitrogens with zero attached hydrogens (tertiary/aromatic N) is 2. The minimum absolute atomic E-state index is 0.0509. The molecule has 0 N–H and O–H groups in total. The fraction of sp³-hybridized carbons (Fsp3) is 0.381. The van der Waals surface area contributed by atoms with E-state index in [9.17, 15) is 9.18 Å². The fourth-order valence-electron chi connectivity index (χ4n) is 3.19. The Morgan fingerprint density at radius 3 is 2.67 bits per heavy atom. The number of carbonyl (C=O) groups excluding carboxylic acids is 1. The summed E-state index contributed by atoms with van der Waals surface area (Å²) < 4.78 is 14.0. The van der Waals surface area contributed by atoms with Crippen LogP contribution in [0.3, 0.4) is 0 Å². The van der Waals surface area contributed by atoms with E-state index in [0.717, 1.165) is 11.3 Å². The van der Waals surface area contributed by atoms with Crippen LogP contribution in [0.25, 0.3) is 0 Å². The third-order valence-corrected chi connectivity index (χ3v) is 6.37. The number of rotatable bonds is 6. The predicted molar refractivity (Wildman–Crippen MR) is 110 cm³/mol. The van der Waals surface area contributed by atoms with Crippen molar-refractivity contribution >= 4 is 29.3 Å². The first kappa shape index (κ1) is 20.2. The van der Waals surface area contributed by atoms with Gasteiger partial charge in [0.1, 0.15) is 11.2 Å². The summed E-state index contributed by atoms with van der Waals surface area (Å²) in [4.78, 5) is 17.0. The minimum atomic E-state index is -0.235. The molecular formula is C21H24ClFN2OS. The summed E-state index contributed by atoms with van der Waals surface area (Å²) in [5.41, 5.74) is 1.58. The van der Waals surface area contributed by atoms with Gasteiger partial charge in [-0.25, -0.2) is 4.39 Å². The van der Waals surface area contributed by atoms with E-state index in [-0.39, 0.29) is 29.7 Å². The zero-order valence-electron chi connectivity index (χ0n) is 15.6. The van der Waals surface area contributed by atoms with Crippen LogP contribution < -0.4 is 0 Å². The molecule has 1 aliphatic rings. The van der Waals surface area contributed by atoms with E-state index < -0.39 is 0 Å².